The normalized spacial score (nSPS) is 16.5. The number of rotatable bonds is 4. The summed E-state index contributed by atoms with van der Waals surface area (Å²) in [7, 11) is 0. The molecule has 7 heteroatoms. The van der Waals surface area contributed by atoms with Gasteiger partial charge in [0.25, 0.3) is 5.91 Å². The minimum absolute atomic E-state index is 0.240. The summed E-state index contributed by atoms with van der Waals surface area (Å²) in [5.74, 6) is -1.79. The van der Waals surface area contributed by atoms with Crippen molar-refractivity contribution in [2.45, 2.75) is 18.4 Å². The van der Waals surface area contributed by atoms with Crippen LogP contribution in [0, 0.1) is 5.82 Å². The monoisotopic (exact) mass is 349 g/mol. The largest absolute Gasteiger partial charge is 0.480 e. The lowest BCUT2D eigenvalue weighted by Gasteiger charge is -2.33. The van der Waals surface area contributed by atoms with Crippen molar-refractivity contribution >= 4 is 23.2 Å². The summed E-state index contributed by atoms with van der Waals surface area (Å²) in [5.41, 5.74) is -0.477. The fraction of sp³-hybridized carbons (Fsp3) is 0.294. The van der Waals surface area contributed by atoms with E-state index in [1.807, 2.05) is 0 Å². The van der Waals surface area contributed by atoms with Crippen molar-refractivity contribution in [3.05, 3.63) is 47.1 Å². The van der Waals surface area contributed by atoms with Crippen LogP contribution >= 0.6 is 11.3 Å². The molecule has 1 aliphatic rings. The van der Waals surface area contributed by atoms with Gasteiger partial charge in [0.1, 0.15) is 11.4 Å². The number of halogens is 1. The molecule has 1 fully saturated rings. The topological polar surface area (TPSA) is 75.6 Å². The minimum atomic E-state index is -1.28. The molecule has 2 aromatic rings. The number of thiophene rings is 1. The maximum absolute atomic E-state index is 13.0. The summed E-state index contributed by atoms with van der Waals surface area (Å²) >= 11 is 1.24. The number of ether oxygens (including phenoxy) is 1. The molecule has 0 spiro atoms. The average Bonchev–Trinajstić information content (AvgIpc) is 3.06. The average molecular weight is 349 g/mol. The Hall–Kier alpha value is -2.25. The first-order chi connectivity index (χ1) is 11.5. The number of aliphatic carboxylic acids is 1. The summed E-state index contributed by atoms with van der Waals surface area (Å²) < 4.78 is 18.2. The van der Waals surface area contributed by atoms with Crippen LogP contribution in [-0.2, 0) is 9.53 Å². The zero-order chi connectivity index (χ0) is 17.2. The highest BCUT2D eigenvalue weighted by Crippen LogP contribution is 2.29. The Morgan fingerprint density at radius 2 is 1.79 bits per heavy atom. The van der Waals surface area contributed by atoms with Crippen molar-refractivity contribution in [2.75, 3.05) is 13.2 Å². The molecule has 2 N–H and O–H groups in total. The third kappa shape index (κ3) is 3.32. The number of hydrogen-bond donors (Lipinski definition) is 2. The molecule has 0 radical (unpaired) electrons. The van der Waals surface area contributed by atoms with Gasteiger partial charge >= 0.3 is 5.97 Å². The molecule has 0 unspecified atom stereocenters. The molecule has 5 nitrogen and oxygen atoms in total. The van der Waals surface area contributed by atoms with Crippen molar-refractivity contribution in [1.82, 2.24) is 5.32 Å². The predicted molar refractivity (Wildman–Crippen MR) is 87.6 cm³/mol. The highest BCUT2D eigenvalue weighted by atomic mass is 32.1. The van der Waals surface area contributed by atoms with Crippen LogP contribution in [0.25, 0.3) is 10.4 Å². The molecular formula is C17H16FNO4S. The molecular weight excluding hydrogens is 333 g/mol. The lowest BCUT2D eigenvalue weighted by atomic mass is 9.90. The van der Waals surface area contributed by atoms with Crippen LogP contribution in [0.15, 0.2) is 36.4 Å². The molecule has 0 aliphatic carbocycles. The number of carbonyl (C=O) groups is 2. The van der Waals surface area contributed by atoms with E-state index >= 15 is 0 Å². The van der Waals surface area contributed by atoms with E-state index in [0.29, 0.717) is 18.1 Å². The van der Waals surface area contributed by atoms with Crippen LogP contribution in [0.1, 0.15) is 22.5 Å². The molecule has 1 aliphatic heterocycles. The number of carboxylic acid groups (broad SMARTS) is 1. The number of benzene rings is 1. The third-order valence-electron chi connectivity index (χ3n) is 4.07. The Morgan fingerprint density at radius 3 is 2.42 bits per heavy atom. The zero-order valence-electron chi connectivity index (χ0n) is 12.8. The van der Waals surface area contributed by atoms with Gasteiger partial charge in [-0.2, -0.15) is 0 Å². The first-order valence-electron chi connectivity index (χ1n) is 7.50. The molecule has 126 valence electrons. The van der Waals surface area contributed by atoms with Gasteiger partial charge in [-0.25, -0.2) is 9.18 Å². The number of amides is 1. The van der Waals surface area contributed by atoms with Crippen molar-refractivity contribution in [1.29, 1.82) is 0 Å². The number of carboxylic acids is 1. The molecule has 24 heavy (non-hydrogen) atoms. The zero-order valence-corrected chi connectivity index (χ0v) is 13.6. The van der Waals surface area contributed by atoms with Gasteiger partial charge in [0.2, 0.25) is 0 Å². The van der Waals surface area contributed by atoms with Crippen LogP contribution in [-0.4, -0.2) is 35.7 Å². The van der Waals surface area contributed by atoms with Crippen LogP contribution in [0.4, 0.5) is 4.39 Å². The first-order valence-corrected chi connectivity index (χ1v) is 8.31. The highest BCUT2D eigenvalue weighted by molar-refractivity contribution is 7.17. The highest BCUT2D eigenvalue weighted by Gasteiger charge is 2.41. The van der Waals surface area contributed by atoms with Gasteiger partial charge in [-0.05, 0) is 29.8 Å². The van der Waals surface area contributed by atoms with E-state index in [2.05, 4.69) is 5.32 Å². The molecule has 0 bridgehead atoms. The first kappa shape index (κ1) is 16.6. The molecule has 0 saturated carbocycles. The SMILES string of the molecule is O=C(NC1(C(=O)O)CCOCC1)c1ccc(-c2ccc(F)cc2)s1. The van der Waals surface area contributed by atoms with Gasteiger partial charge in [0, 0.05) is 30.9 Å². The van der Waals surface area contributed by atoms with Crippen molar-refractivity contribution in [2.24, 2.45) is 0 Å². The van der Waals surface area contributed by atoms with E-state index in [9.17, 15) is 19.1 Å². The lowest BCUT2D eigenvalue weighted by molar-refractivity contribution is -0.148. The Labute approximate surface area is 142 Å². The second kappa shape index (κ2) is 6.70. The maximum Gasteiger partial charge on any atom is 0.329 e. The fourth-order valence-corrected chi connectivity index (χ4v) is 3.53. The predicted octanol–water partition coefficient (Wildman–Crippen LogP) is 2.92. The Morgan fingerprint density at radius 1 is 1.12 bits per heavy atom. The second-order valence-electron chi connectivity index (χ2n) is 5.62. The van der Waals surface area contributed by atoms with E-state index < -0.39 is 17.4 Å². The van der Waals surface area contributed by atoms with E-state index in [1.165, 1.54) is 23.5 Å². The summed E-state index contributed by atoms with van der Waals surface area (Å²) in [6.45, 7) is 0.607. The summed E-state index contributed by atoms with van der Waals surface area (Å²) in [6, 6.07) is 9.41. The van der Waals surface area contributed by atoms with Crippen LogP contribution in [0.5, 0.6) is 0 Å². The Balaban J connectivity index is 1.78. The van der Waals surface area contributed by atoms with Gasteiger partial charge in [0.05, 0.1) is 4.88 Å². The van der Waals surface area contributed by atoms with E-state index in [-0.39, 0.29) is 18.7 Å². The van der Waals surface area contributed by atoms with E-state index in [0.717, 1.165) is 10.4 Å². The molecule has 1 aromatic heterocycles. The molecule has 3 rings (SSSR count). The summed E-state index contributed by atoms with van der Waals surface area (Å²) in [4.78, 5) is 25.3. The molecule has 0 atom stereocenters. The van der Waals surface area contributed by atoms with Gasteiger partial charge in [0.15, 0.2) is 0 Å². The molecule has 1 amide bonds. The lowest BCUT2D eigenvalue weighted by Crippen LogP contribution is -2.57. The maximum atomic E-state index is 13.0. The number of hydrogen-bond acceptors (Lipinski definition) is 4. The quantitative estimate of drug-likeness (QED) is 0.890. The smallest absolute Gasteiger partial charge is 0.329 e. The van der Waals surface area contributed by atoms with Crippen molar-refractivity contribution < 1.29 is 23.8 Å². The summed E-state index contributed by atoms with van der Waals surface area (Å²) in [5, 5.41) is 12.1. The number of nitrogens with one attached hydrogen (secondary N) is 1. The fourth-order valence-electron chi connectivity index (χ4n) is 2.62. The Bertz CT molecular complexity index is 750. The van der Waals surface area contributed by atoms with Gasteiger partial charge in [-0.15, -0.1) is 11.3 Å². The van der Waals surface area contributed by atoms with Crippen LogP contribution < -0.4 is 5.32 Å². The van der Waals surface area contributed by atoms with Crippen LogP contribution in [0.2, 0.25) is 0 Å². The van der Waals surface area contributed by atoms with Gasteiger partial charge in [-0.3, -0.25) is 4.79 Å². The molecule has 2 heterocycles. The van der Waals surface area contributed by atoms with Gasteiger partial charge in [-0.1, -0.05) is 12.1 Å². The summed E-state index contributed by atoms with van der Waals surface area (Å²) in [6.07, 6.45) is 0.481. The number of carbonyl (C=O) groups excluding carboxylic acids is 1. The second-order valence-corrected chi connectivity index (χ2v) is 6.71. The third-order valence-corrected chi connectivity index (χ3v) is 5.20. The standard InChI is InChI=1S/C17H16FNO4S/c18-12-3-1-11(2-4-12)13-5-6-14(24-13)15(20)19-17(16(21)22)7-9-23-10-8-17/h1-6H,7-10H2,(H,19,20)(H,21,22). The van der Waals surface area contributed by atoms with Crippen LogP contribution in [0.3, 0.4) is 0 Å². The van der Waals surface area contributed by atoms with Crippen molar-refractivity contribution in [3.8, 4) is 10.4 Å². The minimum Gasteiger partial charge on any atom is -0.480 e. The Kier molecular flexibility index (Phi) is 4.64. The van der Waals surface area contributed by atoms with E-state index in [1.54, 1.807) is 24.3 Å². The van der Waals surface area contributed by atoms with E-state index in [4.69, 9.17) is 4.74 Å². The van der Waals surface area contributed by atoms with Crippen molar-refractivity contribution in [3.63, 3.8) is 0 Å². The van der Waals surface area contributed by atoms with Gasteiger partial charge < -0.3 is 15.2 Å². The molecule has 1 saturated heterocycles. The molecule has 1 aromatic carbocycles.